The van der Waals surface area contributed by atoms with Gasteiger partial charge in [-0.05, 0) is 48.7 Å². The number of phenolic OH excluding ortho intramolecular Hbond substituents is 1. The molecule has 5 rings (SSSR count). The van der Waals surface area contributed by atoms with Gasteiger partial charge in [-0.1, -0.05) is 48.5 Å². The minimum absolute atomic E-state index is 0.197. The van der Waals surface area contributed by atoms with Crippen molar-refractivity contribution < 1.29 is 5.11 Å². The van der Waals surface area contributed by atoms with Crippen molar-refractivity contribution in [1.29, 1.82) is 0 Å². The average Bonchev–Trinajstić information content (AvgIpc) is 3.27. The van der Waals surface area contributed by atoms with Crippen molar-refractivity contribution in [2.75, 3.05) is 25.0 Å². The van der Waals surface area contributed by atoms with Crippen molar-refractivity contribution in [3.63, 3.8) is 0 Å². The molecular formula is C27H28N4O. The molecule has 5 nitrogen and oxygen atoms in total. The van der Waals surface area contributed by atoms with Gasteiger partial charge in [0.05, 0.1) is 11.1 Å². The first-order valence-electron chi connectivity index (χ1n) is 11.1. The van der Waals surface area contributed by atoms with Crippen LogP contribution in [0.5, 0.6) is 5.75 Å². The van der Waals surface area contributed by atoms with E-state index in [1.54, 1.807) is 6.07 Å². The van der Waals surface area contributed by atoms with Crippen LogP contribution in [0.3, 0.4) is 0 Å². The number of aryl methyl sites for hydroxylation is 1. The second-order valence-corrected chi connectivity index (χ2v) is 8.68. The summed E-state index contributed by atoms with van der Waals surface area (Å²) in [5.41, 5.74) is 4.06. The molecule has 0 radical (unpaired) electrons. The number of benzene rings is 3. The number of rotatable bonds is 5. The molecule has 0 unspecified atom stereocenters. The summed E-state index contributed by atoms with van der Waals surface area (Å²) in [5, 5.41) is 11.4. The van der Waals surface area contributed by atoms with E-state index in [0.29, 0.717) is 17.4 Å². The van der Waals surface area contributed by atoms with E-state index < -0.39 is 0 Å². The fourth-order valence-corrected chi connectivity index (χ4v) is 4.56. The maximum absolute atomic E-state index is 10.4. The highest BCUT2D eigenvalue weighted by Gasteiger charge is 2.28. The molecule has 1 fully saturated rings. The minimum atomic E-state index is 0.197. The second-order valence-electron chi connectivity index (χ2n) is 8.68. The highest BCUT2D eigenvalue weighted by atomic mass is 16.3. The van der Waals surface area contributed by atoms with E-state index in [1.165, 1.54) is 5.56 Å². The van der Waals surface area contributed by atoms with Gasteiger partial charge in [0.15, 0.2) is 5.82 Å². The number of anilines is 1. The molecule has 0 spiro atoms. The maximum Gasteiger partial charge on any atom is 0.165 e. The third-order valence-corrected chi connectivity index (χ3v) is 6.36. The first kappa shape index (κ1) is 20.5. The summed E-state index contributed by atoms with van der Waals surface area (Å²) < 4.78 is 0. The molecule has 1 saturated heterocycles. The van der Waals surface area contributed by atoms with Gasteiger partial charge in [-0.3, -0.25) is 4.90 Å². The van der Waals surface area contributed by atoms with Crippen LogP contribution in [0.4, 0.5) is 5.82 Å². The van der Waals surface area contributed by atoms with E-state index in [2.05, 4.69) is 72.3 Å². The Hall–Kier alpha value is -3.44. The Bertz CT molecular complexity index is 1240. The molecule has 1 N–H and O–H groups in total. The van der Waals surface area contributed by atoms with Gasteiger partial charge in [-0.25, -0.2) is 9.97 Å². The number of hydrogen-bond acceptors (Lipinski definition) is 5. The second kappa shape index (κ2) is 8.60. The van der Waals surface area contributed by atoms with Crippen LogP contribution < -0.4 is 4.90 Å². The first-order valence-corrected chi connectivity index (χ1v) is 11.1. The topological polar surface area (TPSA) is 52.5 Å². The van der Waals surface area contributed by atoms with Crippen LogP contribution >= 0.6 is 0 Å². The van der Waals surface area contributed by atoms with Crippen LogP contribution in [0.25, 0.3) is 22.3 Å². The van der Waals surface area contributed by atoms with E-state index in [1.807, 2.05) is 18.2 Å². The number of aromatic nitrogens is 2. The quantitative estimate of drug-likeness (QED) is 0.487. The Morgan fingerprint density at radius 3 is 2.59 bits per heavy atom. The molecule has 4 aromatic rings. The van der Waals surface area contributed by atoms with E-state index in [9.17, 15) is 5.11 Å². The van der Waals surface area contributed by atoms with Crippen LogP contribution in [0, 0.1) is 6.92 Å². The van der Waals surface area contributed by atoms with Crippen LogP contribution in [0.15, 0.2) is 72.8 Å². The number of likely N-dealkylation sites (tertiary alicyclic amines) is 1. The standard InChI is InChI=1S/C27H28N4O/c1-19-12-13-22-24(16-19)28-26(23-10-6-7-11-25(23)32)29-27(22)30(2)21-14-15-31(18-21)17-20-8-4-3-5-9-20/h3-13,16,21,32H,14-15,17-18H2,1-2H3/t21-/m0/s1. The predicted molar refractivity (Wildman–Crippen MR) is 130 cm³/mol. The summed E-state index contributed by atoms with van der Waals surface area (Å²) in [4.78, 5) is 14.6. The van der Waals surface area contributed by atoms with Crippen LogP contribution in [0.2, 0.25) is 0 Å². The molecule has 1 atom stereocenters. The van der Waals surface area contributed by atoms with Gasteiger partial charge < -0.3 is 10.0 Å². The summed E-state index contributed by atoms with van der Waals surface area (Å²) in [6, 6.07) is 24.6. The third-order valence-electron chi connectivity index (χ3n) is 6.36. The molecule has 1 aliphatic heterocycles. The van der Waals surface area contributed by atoms with Crippen molar-refractivity contribution >= 4 is 16.7 Å². The van der Waals surface area contributed by atoms with Gasteiger partial charge in [-0.2, -0.15) is 0 Å². The van der Waals surface area contributed by atoms with E-state index in [4.69, 9.17) is 9.97 Å². The zero-order valence-electron chi connectivity index (χ0n) is 18.6. The highest BCUT2D eigenvalue weighted by molar-refractivity contribution is 5.92. The lowest BCUT2D eigenvalue weighted by Crippen LogP contribution is -2.35. The van der Waals surface area contributed by atoms with Crippen LogP contribution in [-0.4, -0.2) is 46.2 Å². The Morgan fingerprint density at radius 1 is 1.00 bits per heavy atom. The van der Waals surface area contributed by atoms with Crippen LogP contribution in [0.1, 0.15) is 17.5 Å². The molecule has 5 heteroatoms. The molecule has 0 amide bonds. The van der Waals surface area contributed by atoms with Gasteiger partial charge in [0.1, 0.15) is 11.6 Å². The van der Waals surface area contributed by atoms with Gasteiger partial charge in [-0.15, -0.1) is 0 Å². The molecule has 162 valence electrons. The van der Waals surface area contributed by atoms with Crippen molar-refractivity contribution in [2.24, 2.45) is 0 Å². The Balaban J connectivity index is 1.48. The molecule has 2 heterocycles. The van der Waals surface area contributed by atoms with E-state index in [0.717, 1.165) is 48.3 Å². The number of nitrogens with zero attached hydrogens (tertiary/aromatic N) is 4. The van der Waals surface area contributed by atoms with Crippen molar-refractivity contribution in [3.8, 4) is 17.1 Å². The lowest BCUT2D eigenvalue weighted by Gasteiger charge is -2.27. The van der Waals surface area contributed by atoms with Crippen LogP contribution in [-0.2, 0) is 6.54 Å². The molecule has 3 aromatic carbocycles. The fourth-order valence-electron chi connectivity index (χ4n) is 4.56. The molecule has 0 saturated carbocycles. The zero-order chi connectivity index (χ0) is 22.1. The molecule has 1 aromatic heterocycles. The Morgan fingerprint density at radius 2 is 1.78 bits per heavy atom. The zero-order valence-corrected chi connectivity index (χ0v) is 18.6. The van der Waals surface area contributed by atoms with Crippen molar-refractivity contribution in [3.05, 3.63) is 83.9 Å². The lowest BCUT2D eigenvalue weighted by molar-refractivity contribution is 0.326. The Kier molecular flexibility index (Phi) is 5.50. The normalized spacial score (nSPS) is 16.5. The Labute approximate surface area is 189 Å². The largest absolute Gasteiger partial charge is 0.507 e. The number of phenols is 1. The average molecular weight is 425 g/mol. The summed E-state index contributed by atoms with van der Waals surface area (Å²) in [6.07, 6.45) is 1.09. The monoisotopic (exact) mass is 424 g/mol. The number of aromatic hydroxyl groups is 1. The molecular weight excluding hydrogens is 396 g/mol. The summed E-state index contributed by atoms with van der Waals surface area (Å²) >= 11 is 0. The molecule has 1 aliphatic rings. The summed E-state index contributed by atoms with van der Waals surface area (Å²) in [6.45, 7) is 5.11. The SMILES string of the molecule is Cc1ccc2c(N(C)[C@H]3CCN(Cc4ccccc4)C3)nc(-c3ccccc3O)nc2c1. The smallest absolute Gasteiger partial charge is 0.165 e. The molecule has 0 bridgehead atoms. The van der Waals surface area contributed by atoms with E-state index >= 15 is 0 Å². The number of hydrogen-bond donors (Lipinski definition) is 1. The first-order chi connectivity index (χ1) is 15.6. The van der Waals surface area contributed by atoms with Crippen molar-refractivity contribution in [2.45, 2.75) is 25.9 Å². The summed E-state index contributed by atoms with van der Waals surface area (Å²) in [7, 11) is 2.13. The fraction of sp³-hybridized carbons (Fsp3) is 0.259. The number of likely N-dealkylation sites (N-methyl/N-ethyl adjacent to an activating group) is 1. The third kappa shape index (κ3) is 4.04. The van der Waals surface area contributed by atoms with Gasteiger partial charge >= 0.3 is 0 Å². The number of para-hydroxylation sites is 1. The minimum Gasteiger partial charge on any atom is -0.507 e. The molecule has 32 heavy (non-hydrogen) atoms. The lowest BCUT2D eigenvalue weighted by atomic mass is 10.1. The summed E-state index contributed by atoms with van der Waals surface area (Å²) in [5.74, 6) is 1.67. The highest BCUT2D eigenvalue weighted by Crippen LogP contribution is 2.33. The van der Waals surface area contributed by atoms with Gasteiger partial charge in [0.25, 0.3) is 0 Å². The maximum atomic E-state index is 10.4. The number of fused-ring (bicyclic) bond motifs is 1. The predicted octanol–water partition coefficient (Wildman–Crippen LogP) is 5.02. The van der Waals surface area contributed by atoms with Gasteiger partial charge in [0, 0.05) is 38.1 Å². The van der Waals surface area contributed by atoms with Crippen molar-refractivity contribution in [1.82, 2.24) is 14.9 Å². The van der Waals surface area contributed by atoms with E-state index in [-0.39, 0.29) is 5.75 Å². The van der Waals surface area contributed by atoms with Gasteiger partial charge in [0.2, 0.25) is 0 Å². The molecule has 0 aliphatic carbocycles.